The van der Waals surface area contributed by atoms with Crippen LogP contribution < -0.4 is 4.90 Å². The summed E-state index contributed by atoms with van der Waals surface area (Å²) in [7, 11) is 3.96. The van der Waals surface area contributed by atoms with Gasteiger partial charge in [0, 0.05) is 11.1 Å². The molecule has 0 radical (unpaired) electrons. The summed E-state index contributed by atoms with van der Waals surface area (Å²) in [4.78, 5) is 6.31. The van der Waals surface area contributed by atoms with E-state index >= 15 is 0 Å². The van der Waals surface area contributed by atoms with Crippen LogP contribution in [0.25, 0.3) is 0 Å². The summed E-state index contributed by atoms with van der Waals surface area (Å²) in [5.74, 6) is 0.901. The quantitative estimate of drug-likeness (QED) is 0.480. The zero-order valence-electron chi connectivity index (χ0n) is 10.4. The minimum Gasteiger partial charge on any atom is -0.269 e. The van der Waals surface area contributed by atoms with Crippen LogP contribution in [0.15, 0.2) is 48.7 Å². The lowest BCUT2D eigenvalue weighted by Gasteiger charge is -2.10. The van der Waals surface area contributed by atoms with E-state index in [1.54, 1.807) is 6.20 Å². The second-order valence-corrected chi connectivity index (χ2v) is 4.44. The molecule has 4 heteroatoms. The van der Waals surface area contributed by atoms with Gasteiger partial charge < -0.3 is 0 Å². The van der Waals surface area contributed by atoms with E-state index in [2.05, 4.69) is 4.98 Å². The molecule has 0 aliphatic rings. The van der Waals surface area contributed by atoms with Crippen LogP contribution in [0.1, 0.15) is 0 Å². The molecule has 0 fully saturated rings. The molecule has 0 bridgehead atoms. The molecule has 1 aromatic heterocycles. The van der Waals surface area contributed by atoms with Gasteiger partial charge >= 0.3 is 0 Å². The van der Waals surface area contributed by atoms with Crippen LogP contribution in [0.2, 0.25) is 5.02 Å². The highest BCUT2D eigenvalue weighted by atomic mass is 35.5. The molecule has 2 aromatic rings. The third-order valence-corrected chi connectivity index (χ3v) is 2.84. The van der Waals surface area contributed by atoms with Crippen molar-refractivity contribution in [3.8, 4) is 0 Å². The second-order valence-electron chi connectivity index (χ2n) is 4.00. The maximum absolute atomic E-state index is 5.87. The standard InChI is InChI=1S/C14H15ClN3/c1-17(13-8-6-12(15)7-9-13)11-18(2)14-5-3-4-10-16-14/h3-11H,1-2H3/q+1. The first-order chi connectivity index (χ1) is 8.66. The lowest BCUT2D eigenvalue weighted by Crippen LogP contribution is -2.20. The van der Waals surface area contributed by atoms with Crippen LogP contribution in [-0.4, -0.2) is 30.0 Å². The van der Waals surface area contributed by atoms with Crippen molar-refractivity contribution in [2.45, 2.75) is 0 Å². The zero-order chi connectivity index (χ0) is 13.0. The van der Waals surface area contributed by atoms with Gasteiger partial charge in [0.05, 0.1) is 19.8 Å². The van der Waals surface area contributed by atoms with Gasteiger partial charge in [-0.25, -0.2) is 4.58 Å². The number of aromatic nitrogens is 1. The summed E-state index contributed by atoms with van der Waals surface area (Å²) < 4.78 is 1.97. The van der Waals surface area contributed by atoms with E-state index < -0.39 is 0 Å². The van der Waals surface area contributed by atoms with Gasteiger partial charge in [0.15, 0.2) is 6.34 Å². The van der Waals surface area contributed by atoms with Crippen molar-refractivity contribution in [3.63, 3.8) is 0 Å². The fourth-order valence-electron chi connectivity index (χ4n) is 1.62. The molecule has 0 aliphatic heterocycles. The number of rotatable bonds is 3. The first kappa shape index (κ1) is 12.6. The average Bonchev–Trinajstić information content (AvgIpc) is 2.40. The Morgan fingerprint density at radius 2 is 1.89 bits per heavy atom. The molecule has 3 nitrogen and oxygen atoms in total. The van der Waals surface area contributed by atoms with E-state index in [1.165, 1.54) is 0 Å². The first-order valence-electron chi connectivity index (χ1n) is 5.64. The van der Waals surface area contributed by atoms with Crippen LogP contribution >= 0.6 is 11.6 Å². The number of hydrogen-bond donors (Lipinski definition) is 0. The Labute approximate surface area is 112 Å². The summed E-state index contributed by atoms with van der Waals surface area (Å²) in [5, 5.41) is 0.741. The first-order valence-corrected chi connectivity index (χ1v) is 6.02. The third-order valence-electron chi connectivity index (χ3n) is 2.59. The van der Waals surface area contributed by atoms with E-state index in [0.717, 1.165) is 16.5 Å². The molecular weight excluding hydrogens is 246 g/mol. The molecule has 1 heterocycles. The van der Waals surface area contributed by atoms with Crippen molar-refractivity contribution in [2.24, 2.45) is 0 Å². The molecule has 2 rings (SSSR count). The molecule has 0 spiro atoms. The Morgan fingerprint density at radius 3 is 2.50 bits per heavy atom. The Balaban J connectivity index is 2.20. The molecule has 1 aromatic carbocycles. The number of anilines is 1. The monoisotopic (exact) mass is 260 g/mol. The highest BCUT2D eigenvalue weighted by Gasteiger charge is 2.05. The van der Waals surface area contributed by atoms with Crippen LogP contribution in [0.4, 0.5) is 11.5 Å². The maximum Gasteiger partial charge on any atom is 0.261 e. The fourth-order valence-corrected chi connectivity index (χ4v) is 1.75. The summed E-state index contributed by atoms with van der Waals surface area (Å²) >= 11 is 5.87. The van der Waals surface area contributed by atoms with Gasteiger partial charge in [0.1, 0.15) is 6.20 Å². The highest BCUT2D eigenvalue weighted by molar-refractivity contribution is 6.30. The minimum atomic E-state index is 0.741. The molecule has 0 unspecified atom stereocenters. The molecule has 0 aliphatic carbocycles. The van der Waals surface area contributed by atoms with Crippen LogP contribution in [0, 0.1) is 0 Å². The largest absolute Gasteiger partial charge is 0.269 e. The summed E-state index contributed by atoms with van der Waals surface area (Å²) in [6.45, 7) is 0. The Hall–Kier alpha value is -1.87. The van der Waals surface area contributed by atoms with Crippen molar-refractivity contribution in [2.75, 3.05) is 19.0 Å². The van der Waals surface area contributed by atoms with Gasteiger partial charge in [-0.15, -0.1) is 4.98 Å². The molecule has 0 atom stereocenters. The minimum absolute atomic E-state index is 0.741. The summed E-state index contributed by atoms with van der Waals surface area (Å²) in [6.07, 6.45) is 3.76. The normalized spacial score (nSPS) is 11.4. The van der Waals surface area contributed by atoms with Gasteiger partial charge in [0.25, 0.3) is 5.82 Å². The average molecular weight is 261 g/mol. The van der Waals surface area contributed by atoms with Crippen LogP contribution in [-0.2, 0) is 0 Å². The maximum atomic E-state index is 5.87. The predicted octanol–water partition coefficient (Wildman–Crippen LogP) is 3.17. The number of benzene rings is 1. The topological polar surface area (TPSA) is 19.1 Å². The molecule has 0 saturated carbocycles. The molecule has 0 saturated heterocycles. The van der Waals surface area contributed by atoms with Crippen molar-refractivity contribution < 1.29 is 4.58 Å². The summed E-state index contributed by atoms with van der Waals surface area (Å²) in [6, 6.07) is 13.5. The van der Waals surface area contributed by atoms with Crippen molar-refractivity contribution in [3.05, 3.63) is 53.7 Å². The SMILES string of the molecule is CN(/C=[N+](\C)c1ccccn1)c1ccc(Cl)cc1. The molecule has 0 amide bonds. The van der Waals surface area contributed by atoms with E-state index in [9.17, 15) is 0 Å². The van der Waals surface area contributed by atoms with Crippen molar-refractivity contribution in [1.29, 1.82) is 0 Å². The molecule has 0 N–H and O–H groups in total. The Kier molecular flexibility index (Phi) is 3.95. The smallest absolute Gasteiger partial charge is 0.261 e. The van der Waals surface area contributed by atoms with E-state index in [-0.39, 0.29) is 0 Å². The molecule has 92 valence electrons. The highest BCUT2D eigenvalue weighted by Crippen LogP contribution is 2.16. The van der Waals surface area contributed by atoms with Crippen LogP contribution in [0.3, 0.4) is 0 Å². The van der Waals surface area contributed by atoms with Gasteiger partial charge in [-0.05, 0) is 30.3 Å². The van der Waals surface area contributed by atoms with Gasteiger partial charge in [-0.2, -0.15) is 0 Å². The number of hydrogen-bond acceptors (Lipinski definition) is 1. The van der Waals surface area contributed by atoms with Crippen molar-refractivity contribution >= 4 is 29.4 Å². The number of halogens is 1. The van der Waals surface area contributed by atoms with Crippen LogP contribution in [0.5, 0.6) is 0 Å². The van der Waals surface area contributed by atoms with Gasteiger partial charge in [-0.3, -0.25) is 4.90 Å². The predicted molar refractivity (Wildman–Crippen MR) is 76.0 cm³/mol. The number of pyridine rings is 1. The zero-order valence-corrected chi connectivity index (χ0v) is 11.2. The second kappa shape index (κ2) is 5.65. The lowest BCUT2D eigenvalue weighted by molar-refractivity contribution is -0.405. The van der Waals surface area contributed by atoms with Crippen molar-refractivity contribution in [1.82, 2.24) is 4.98 Å². The lowest BCUT2D eigenvalue weighted by atomic mass is 10.3. The van der Waals surface area contributed by atoms with E-state index in [4.69, 9.17) is 11.6 Å². The third kappa shape index (κ3) is 3.08. The molecule has 18 heavy (non-hydrogen) atoms. The molecular formula is C14H15ClN3+. The summed E-state index contributed by atoms with van der Waals surface area (Å²) in [5.41, 5.74) is 1.07. The van der Waals surface area contributed by atoms with E-state index in [0.29, 0.717) is 0 Å². The van der Waals surface area contributed by atoms with Gasteiger partial charge in [-0.1, -0.05) is 17.7 Å². The number of nitrogens with zero attached hydrogens (tertiary/aromatic N) is 3. The van der Waals surface area contributed by atoms with Gasteiger partial charge in [0.2, 0.25) is 0 Å². The fraction of sp³-hybridized carbons (Fsp3) is 0.143. The Bertz CT molecular complexity index is 535. The Morgan fingerprint density at radius 1 is 1.17 bits per heavy atom. The van der Waals surface area contributed by atoms with E-state index in [1.807, 2.05) is 72.4 Å².